The maximum atomic E-state index is 3.43. The zero-order valence-corrected chi connectivity index (χ0v) is 8.47. The molecular weight excluding hydrogens is 148 g/mol. The molecule has 0 unspecified atom stereocenters. The van der Waals surface area contributed by atoms with E-state index in [0.717, 1.165) is 6.04 Å². The van der Waals surface area contributed by atoms with Gasteiger partial charge >= 0.3 is 0 Å². The van der Waals surface area contributed by atoms with Crippen molar-refractivity contribution in [3.63, 3.8) is 0 Å². The molecule has 1 heterocycles. The number of nitrogens with one attached hydrogen (secondary N) is 1. The average molecular weight is 170 g/mol. The first-order valence-electron chi connectivity index (χ1n) is 5.33. The van der Waals surface area contributed by atoms with Crippen LogP contribution in [0.25, 0.3) is 0 Å². The molecule has 0 radical (unpaired) electrons. The highest BCUT2D eigenvalue weighted by Gasteiger charge is 2.20. The molecule has 12 heavy (non-hydrogen) atoms. The van der Waals surface area contributed by atoms with Gasteiger partial charge in [0.05, 0.1) is 0 Å². The van der Waals surface area contributed by atoms with Crippen LogP contribution in [0, 0.1) is 0 Å². The third kappa shape index (κ3) is 2.76. The number of rotatable bonds is 5. The van der Waals surface area contributed by atoms with Gasteiger partial charge in [-0.25, -0.2) is 0 Å². The Morgan fingerprint density at radius 3 is 2.33 bits per heavy atom. The van der Waals surface area contributed by atoms with Crippen LogP contribution in [0.15, 0.2) is 0 Å². The maximum absolute atomic E-state index is 3.43. The Kier molecular flexibility index (Phi) is 4.62. The van der Waals surface area contributed by atoms with Gasteiger partial charge in [-0.1, -0.05) is 13.8 Å². The lowest BCUT2D eigenvalue weighted by Crippen LogP contribution is -2.37. The molecule has 0 spiro atoms. The first kappa shape index (κ1) is 10.0. The molecule has 0 aromatic rings. The predicted octanol–water partition coefficient (Wildman–Crippen LogP) is 1.47. The molecule has 72 valence electrons. The molecule has 1 fully saturated rings. The Labute approximate surface area is 76.3 Å². The maximum Gasteiger partial charge on any atom is 0.0232 e. The van der Waals surface area contributed by atoms with Gasteiger partial charge in [0, 0.05) is 12.6 Å². The molecule has 1 aliphatic rings. The lowest BCUT2D eigenvalue weighted by atomic mass is 10.2. The normalized spacial score (nSPS) is 23.8. The Morgan fingerprint density at radius 1 is 1.25 bits per heavy atom. The first-order chi connectivity index (χ1) is 5.88. The van der Waals surface area contributed by atoms with Crippen molar-refractivity contribution in [2.45, 2.75) is 39.2 Å². The van der Waals surface area contributed by atoms with Gasteiger partial charge in [0.1, 0.15) is 0 Å². The van der Waals surface area contributed by atoms with Gasteiger partial charge in [-0.3, -0.25) is 4.90 Å². The summed E-state index contributed by atoms with van der Waals surface area (Å²) in [5.41, 5.74) is 0. The molecule has 0 amide bonds. The van der Waals surface area contributed by atoms with Gasteiger partial charge in [-0.15, -0.1) is 0 Å². The fourth-order valence-electron chi connectivity index (χ4n) is 2.00. The van der Waals surface area contributed by atoms with Crippen molar-refractivity contribution in [3.05, 3.63) is 0 Å². The fourth-order valence-corrected chi connectivity index (χ4v) is 2.00. The molecule has 0 saturated carbocycles. The summed E-state index contributed by atoms with van der Waals surface area (Å²) in [5.74, 6) is 0. The molecule has 1 N–H and O–H groups in total. The lowest BCUT2D eigenvalue weighted by Gasteiger charge is -2.27. The van der Waals surface area contributed by atoms with Gasteiger partial charge in [0.25, 0.3) is 0 Å². The summed E-state index contributed by atoms with van der Waals surface area (Å²) in [6, 6.07) is 0.824. The van der Waals surface area contributed by atoms with Crippen LogP contribution in [-0.4, -0.2) is 37.1 Å². The smallest absolute Gasteiger partial charge is 0.0232 e. The van der Waals surface area contributed by atoms with E-state index in [9.17, 15) is 0 Å². The molecule has 1 rings (SSSR count). The second-order valence-corrected chi connectivity index (χ2v) is 3.68. The van der Waals surface area contributed by atoms with E-state index in [1.54, 1.807) is 0 Å². The third-order valence-electron chi connectivity index (χ3n) is 2.57. The van der Waals surface area contributed by atoms with E-state index in [-0.39, 0.29) is 0 Å². The second-order valence-electron chi connectivity index (χ2n) is 3.68. The Bertz CT molecular complexity index is 102. The van der Waals surface area contributed by atoms with Gasteiger partial charge in [-0.05, 0) is 38.9 Å². The fraction of sp³-hybridized carbons (Fsp3) is 1.00. The summed E-state index contributed by atoms with van der Waals surface area (Å²) in [4.78, 5) is 2.64. The molecule has 1 aliphatic heterocycles. The van der Waals surface area contributed by atoms with E-state index in [1.807, 2.05) is 0 Å². The summed E-state index contributed by atoms with van der Waals surface area (Å²) >= 11 is 0. The van der Waals surface area contributed by atoms with Crippen LogP contribution in [0.3, 0.4) is 0 Å². The molecule has 1 atom stereocenters. The highest BCUT2D eigenvalue weighted by atomic mass is 15.2. The van der Waals surface area contributed by atoms with Gasteiger partial charge in [-0.2, -0.15) is 0 Å². The quantitative estimate of drug-likeness (QED) is 0.672. The average Bonchev–Trinajstić information content (AvgIpc) is 2.56. The van der Waals surface area contributed by atoms with Crippen molar-refractivity contribution in [2.24, 2.45) is 0 Å². The van der Waals surface area contributed by atoms with Gasteiger partial charge in [0.15, 0.2) is 0 Å². The summed E-state index contributed by atoms with van der Waals surface area (Å²) < 4.78 is 0. The highest BCUT2D eigenvalue weighted by Crippen LogP contribution is 2.09. The minimum absolute atomic E-state index is 0.824. The largest absolute Gasteiger partial charge is 0.315 e. The summed E-state index contributed by atoms with van der Waals surface area (Å²) in [7, 11) is 0. The zero-order valence-electron chi connectivity index (χ0n) is 8.47. The number of hydrogen-bond donors (Lipinski definition) is 1. The Morgan fingerprint density at radius 2 is 1.92 bits per heavy atom. The SMILES string of the molecule is CCCN(CCC)[C@@H]1CCNC1. The topological polar surface area (TPSA) is 15.3 Å². The van der Waals surface area contributed by atoms with Gasteiger partial charge in [0.2, 0.25) is 0 Å². The van der Waals surface area contributed by atoms with Crippen LogP contribution in [0.5, 0.6) is 0 Å². The van der Waals surface area contributed by atoms with E-state index in [1.165, 1.54) is 45.4 Å². The summed E-state index contributed by atoms with van der Waals surface area (Å²) in [5, 5.41) is 3.43. The van der Waals surface area contributed by atoms with Crippen molar-refractivity contribution < 1.29 is 0 Å². The number of nitrogens with zero attached hydrogens (tertiary/aromatic N) is 1. The molecule has 0 bridgehead atoms. The Hall–Kier alpha value is -0.0800. The van der Waals surface area contributed by atoms with Crippen molar-refractivity contribution in [1.29, 1.82) is 0 Å². The van der Waals surface area contributed by atoms with Crippen LogP contribution >= 0.6 is 0 Å². The minimum Gasteiger partial charge on any atom is -0.315 e. The molecule has 1 saturated heterocycles. The number of hydrogen-bond acceptors (Lipinski definition) is 2. The van der Waals surface area contributed by atoms with Crippen molar-refractivity contribution >= 4 is 0 Å². The highest BCUT2D eigenvalue weighted by molar-refractivity contribution is 4.80. The van der Waals surface area contributed by atoms with Crippen LogP contribution in [0.4, 0.5) is 0 Å². The predicted molar refractivity (Wildman–Crippen MR) is 53.4 cm³/mol. The molecular formula is C10H22N2. The van der Waals surface area contributed by atoms with E-state index in [2.05, 4.69) is 24.1 Å². The monoisotopic (exact) mass is 170 g/mol. The minimum atomic E-state index is 0.824. The molecule has 0 aromatic carbocycles. The summed E-state index contributed by atoms with van der Waals surface area (Å²) in [6.45, 7) is 9.52. The Balaban J connectivity index is 2.29. The van der Waals surface area contributed by atoms with E-state index in [4.69, 9.17) is 0 Å². The van der Waals surface area contributed by atoms with E-state index < -0.39 is 0 Å². The van der Waals surface area contributed by atoms with Crippen molar-refractivity contribution in [2.75, 3.05) is 26.2 Å². The van der Waals surface area contributed by atoms with Crippen LogP contribution in [0.1, 0.15) is 33.1 Å². The van der Waals surface area contributed by atoms with Crippen LogP contribution < -0.4 is 5.32 Å². The zero-order chi connectivity index (χ0) is 8.81. The lowest BCUT2D eigenvalue weighted by molar-refractivity contribution is 0.209. The summed E-state index contributed by atoms with van der Waals surface area (Å²) in [6.07, 6.45) is 3.92. The van der Waals surface area contributed by atoms with Crippen LogP contribution in [0.2, 0.25) is 0 Å². The third-order valence-corrected chi connectivity index (χ3v) is 2.57. The van der Waals surface area contributed by atoms with Gasteiger partial charge < -0.3 is 5.32 Å². The van der Waals surface area contributed by atoms with Crippen molar-refractivity contribution in [1.82, 2.24) is 10.2 Å². The van der Waals surface area contributed by atoms with Crippen LogP contribution in [-0.2, 0) is 0 Å². The standard InChI is InChI=1S/C10H22N2/c1-3-7-12(8-4-2)10-5-6-11-9-10/h10-11H,3-9H2,1-2H3/t10-/m1/s1. The molecule has 2 heteroatoms. The molecule has 0 aromatic heterocycles. The van der Waals surface area contributed by atoms with Crippen molar-refractivity contribution in [3.8, 4) is 0 Å². The van der Waals surface area contributed by atoms with E-state index in [0.29, 0.717) is 0 Å². The molecule has 0 aliphatic carbocycles. The second kappa shape index (κ2) is 5.55. The molecule has 2 nitrogen and oxygen atoms in total. The first-order valence-corrected chi connectivity index (χ1v) is 5.33. The van der Waals surface area contributed by atoms with E-state index >= 15 is 0 Å².